The molecular formula is C26H24N2O3S. The lowest BCUT2D eigenvalue weighted by Crippen LogP contribution is -2.12. The van der Waals surface area contributed by atoms with Crippen molar-refractivity contribution < 1.29 is 14.6 Å². The number of benzene rings is 3. The largest absolute Gasteiger partial charge is 0.497 e. The maximum Gasteiger partial charge on any atom is 0.226 e. The van der Waals surface area contributed by atoms with Crippen LogP contribution in [0.2, 0.25) is 0 Å². The summed E-state index contributed by atoms with van der Waals surface area (Å²) in [6, 6.07) is 27.1. The molecule has 1 aromatic heterocycles. The molecule has 1 atom stereocenters. The van der Waals surface area contributed by atoms with Crippen LogP contribution in [-0.2, 0) is 4.79 Å². The Morgan fingerprint density at radius 2 is 1.62 bits per heavy atom. The van der Waals surface area contributed by atoms with Gasteiger partial charge in [-0.3, -0.25) is 4.79 Å². The quantitative estimate of drug-likeness (QED) is 0.353. The number of hydrogen-bond donors (Lipinski definition) is 2. The summed E-state index contributed by atoms with van der Waals surface area (Å²) in [5.74, 6) is 0.611. The minimum Gasteiger partial charge on any atom is -0.497 e. The first-order valence-corrected chi connectivity index (χ1v) is 11.2. The van der Waals surface area contributed by atoms with Crippen LogP contribution in [0, 0.1) is 0 Å². The highest BCUT2D eigenvalue weighted by Crippen LogP contribution is 2.39. The minimum atomic E-state index is -0.673. The molecule has 1 heterocycles. The van der Waals surface area contributed by atoms with Crippen molar-refractivity contribution in [3.05, 3.63) is 90.5 Å². The number of aliphatic hydroxyl groups excluding tert-OH is 1. The molecule has 0 aliphatic rings. The fraction of sp³-hybridized carbons (Fsp3) is 0.154. The second-order valence-corrected chi connectivity index (χ2v) is 8.30. The van der Waals surface area contributed by atoms with Crippen LogP contribution in [0.5, 0.6) is 5.75 Å². The number of carbonyl (C=O) groups excluding carboxylic acids is 1. The van der Waals surface area contributed by atoms with E-state index in [4.69, 9.17) is 9.72 Å². The van der Waals surface area contributed by atoms with E-state index < -0.39 is 6.10 Å². The molecule has 162 valence electrons. The van der Waals surface area contributed by atoms with Gasteiger partial charge in [-0.2, -0.15) is 0 Å². The van der Waals surface area contributed by atoms with Gasteiger partial charge in [-0.05, 0) is 41.8 Å². The average molecular weight is 445 g/mol. The molecule has 0 radical (unpaired) electrons. The maximum absolute atomic E-state index is 12.6. The number of nitrogens with zero attached hydrogens (tertiary/aromatic N) is 1. The van der Waals surface area contributed by atoms with Crippen molar-refractivity contribution in [2.45, 2.75) is 18.9 Å². The maximum atomic E-state index is 12.6. The van der Waals surface area contributed by atoms with Crippen LogP contribution in [-0.4, -0.2) is 23.1 Å². The van der Waals surface area contributed by atoms with Crippen LogP contribution >= 0.6 is 11.3 Å². The van der Waals surface area contributed by atoms with Crippen molar-refractivity contribution in [3.8, 4) is 27.4 Å². The van der Waals surface area contributed by atoms with Gasteiger partial charge < -0.3 is 15.2 Å². The Kier molecular flexibility index (Phi) is 6.94. The number of aromatic nitrogens is 1. The van der Waals surface area contributed by atoms with Gasteiger partial charge in [0, 0.05) is 12.0 Å². The van der Waals surface area contributed by atoms with Crippen molar-refractivity contribution >= 4 is 22.4 Å². The lowest BCUT2D eigenvalue weighted by atomic mass is 10.1. The molecule has 0 saturated heterocycles. The van der Waals surface area contributed by atoms with Gasteiger partial charge in [0.05, 0.1) is 23.8 Å². The number of thiazole rings is 1. The fourth-order valence-corrected chi connectivity index (χ4v) is 4.40. The Morgan fingerprint density at radius 3 is 2.28 bits per heavy atom. The number of methoxy groups -OCH3 is 1. The van der Waals surface area contributed by atoms with Gasteiger partial charge in [0.25, 0.3) is 0 Å². The van der Waals surface area contributed by atoms with E-state index in [0.29, 0.717) is 11.6 Å². The number of hydrogen-bond acceptors (Lipinski definition) is 5. The Morgan fingerprint density at radius 1 is 0.969 bits per heavy atom. The van der Waals surface area contributed by atoms with Crippen LogP contribution in [0.15, 0.2) is 84.9 Å². The molecule has 1 amide bonds. The average Bonchev–Trinajstić information content (AvgIpc) is 3.27. The van der Waals surface area contributed by atoms with Gasteiger partial charge in [0.2, 0.25) is 5.91 Å². The first kappa shape index (κ1) is 21.7. The molecule has 4 rings (SSSR count). The molecule has 2 N–H and O–H groups in total. The Hall–Kier alpha value is -3.48. The standard InChI is InChI=1S/C26H24N2O3S/c1-31-21-14-12-20(13-15-21)25-24(19-10-6-3-7-11-19)28-26(32-25)27-23(30)17-16-22(29)18-8-4-2-5-9-18/h2-15,22,29H,16-17H2,1H3,(H,27,28,30)/t22-/m1/s1. The molecule has 0 spiro atoms. The van der Waals surface area contributed by atoms with E-state index in [1.165, 1.54) is 11.3 Å². The van der Waals surface area contributed by atoms with E-state index in [9.17, 15) is 9.90 Å². The highest BCUT2D eigenvalue weighted by atomic mass is 32.1. The Balaban J connectivity index is 1.52. The van der Waals surface area contributed by atoms with Gasteiger partial charge >= 0.3 is 0 Å². The molecule has 3 aromatic carbocycles. The smallest absolute Gasteiger partial charge is 0.226 e. The van der Waals surface area contributed by atoms with Gasteiger partial charge in [0.15, 0.2) is 5.13 Å². The van der Waals surface area contributed by atoms with E-state index in [0.717, 1.165) is 33.0 Å². The molecule has 0 aliphatic carbocycles. The SMILES string of the molecule is COc1ccc(-c2sc(NC(=O)CC[C@@H](O)c3ccccc3)nc2-c2ccccc2)cc1. The summed E-state index contributed by atoms with van der Waals surface area (Å²) < 4.78 is 5.27. The number of rotatable bonds is 8. The van der Waals surface area contributed by atoms with Crippen molar-refractivity contribution in [1.29, 1.82) is 0 Å². The highest BCUT2D eigenvalue weighted by Gasteiger charge is 2.17. The van der Waals surface area contributed by atoms with E-state index in [-0.39, 0.29) is 12.3 Å². The van der Waals surface area contributed by atoms with E-state index in [2.05, 4.69) is 5.32 Å². The number of ether oxygens (including phenoxy) is 1. The van der Waals surface area contributed by atoms with Crippen molar-refractivity contribution in [3.63, 3.8) is 0 Å². The fourth-order valence-electron chi connectivity index (χ4n) is 3.39. The van der Waals surface area contributed by atoms with Crippen molar-refractivity contribution in [2.75, 3.05) is 12.4 Å². The molecule has 0 unspecified atom stereocenters. The first-order chi connectivity index (χ1) is 15.6. The van der Waals surface area contributed by atoms with Gasteiger partial charge in [-0.25, -0.2) is 4.98 Å². The lowest BCUT2D eigenvalue weighted by Gasteiger charge is -2.10. The molecule has 0 aliphatic heterocycles. The molecule has 5 nitrogen and oxygen atoms in total. The highest BCUT2D eigenvalue weighted by molar-refractivity contribution is 7.19. The zero-order chi connectivity index (χ0) is 22.3. The summed E-state index contributed by atoms with van der Waals surface area (Å²) in [5.41, 5.74) is 3.61. The van der Waals surface area contributed by atoms with E-state index >= 15 is 0 Å². The third-order valence-electron chi connectivity index (χ3n) is 5.10. The molecule has 4 aromatic rings. The van der Waals surface area contributed by atoms with Crippen LogP contribution in [0.3, 0.4) is 0 Å². The topological polar surface area (TPSA) is 71.5 Å². The summed E-state index contributed by atoms with van der Waals surface area (Å²) in [7, 11) is 1.64. The zero-order valence-corrected chi connectivity index (χ0v) is 18.5. The van der Waals surface area contributed by atoms with Gasteiger partial charge in [-0.15, -0.1) is 0 Å². The Labute approximate surface area is 191 Å². The van der Waals surface area contributed by atoms with Gasteiger partial charge in [0.1, 0.15) is 5.75 Å². The molecule has 32 heavy (non-hydrogen) atoms. The summed E-state index contributed by atoms with van der Waals surface area (Å²) in [4.78, 5) is 18.2. The Bertz CT molecular complexity index is 1160. The van der Waals surface area contributed by atoms with Crippen molar-refractivity contribution in [1.82, 2.24) is 4.98 Å². The van der Waals surface area contributed by atoms with Crippen LogP contribution in [0.4, 0.5) is 5.13 Å². The summed E-state index contributed by atoms with van der Waals surface area (Å²) in [6.45, 7) is 0. The summed E-state index contributed by atoms with van der Waals surface area (Å²) in [5, 5.41) is 13.8. The summed E-state index contributed by atoms with van der Waals surface area (Å²) >= 11 is 1.43. The third kappa shape index (κ3) is 5.22. The lowest BCUT2D eigenvalue weighted by molar-refractivity contribution is -0.116. The molecular weight excluding hydrogens is 420 g/mol. The normalized spacial score (nSPS) is 11.7. The third-order valence-corrected chi connectivity index (χ3v) is 6.12. The monoisotopic (exact) mass is 444 g/mol. The number of aliphatic hydroxyl groups is 1. The minimum absolute atomic E-state index is 0.172. The van der Waals surface area contributed by atoms with Crippen LogP contribution in [0.25, 0.3) is 21.7 Å². The van der Waals surface area contributed by atoms with Crippen molar-refractivity contribution in [2.24, 2.45) is 0 Å². The molecule has 0 saturated carbocycles. The first-order valence-electron chi connectivity index (χ1n) is 10.4. The number of anilines is 1. The predicted molar refractivity (Wildman–Crippen MR) is 129 cm³/mol. The van der Waals surface area contributed by atoms with Crippen LogP contribution < -0.4 is 10.1 Å². The van der Waals surface area contributed by atoms with Crippen LogP contribution in [0.1, 0.15) is 24.5 Å². The molecule has 0 fully saturated rings. The molecule has 6 heteroatoms. The second kappa shape index (κ2) is 10.2. The van der Waals surface area contributed by atoms with E-state index in [1.807, 2.05) is 84.9 Å². The van der Waals surface area contributed by atoms with E-state index in [1.54, 1.807) is 7.11 Å². The zero-order valence-electron chi connectivity index (χ0n) is 17.7. The second-order valence-electron chi connectivity index (χ2n) is 7.30. The summed E-state index contributed by atoms with van der Waals surface area (Å²) in [6.07, 6.45) is -0.125. The number of carbonyl (C=O) groups is 1. The number of amides is 1. The number of nitrogens with one attached hydrogen (secondary N) is 1. The van der Waals surface area contributed by atoms with Gasteiger partial charge in [-0.1, -0.05) is 72.0 Å². The predicted octanol–water partition coefficient (Wildman–Crippen LogP) is 5.94. The molecule has 0 bridgehead atoms.